The molecule has 3 rings (SSSR count). The third-order valence-corrected chi connectivity index (χ3v) is 4.04. The van der Waals surface area contributed by atoms with Crippen LogP contribution in [0.3, 0.4) is 0 Å². The summed E-state index contributed by atoms with van der Waals surface area (Å²) in [5.74, 6) is 0.806. The largest absolute Gasteiger partial charge is 0.497 e. The first-order valence-corrected chi connectivity index (χ1v) is 8.49. The van der Waals surface area contributed by atoms with E-state index < -0.39 is 0 Å². The van der Waals surface area contributed by atoms with E-state index in [1.54, 1.807) is 55.8 Å². The second-order valence-electron chi connectivity index (χ2n) is 5.58. The van der Waals surface area contributed by atoms with Gasteiger partial charge in [-0.15, -0.1) is 0 Å². The molecule has 3 aromatic rings. The molecule has 1 heterocycles. The summed E-state index contributed by atoms with van der Waals surface area (Å²) in [6, 6.07) is 15.9. The summed E-state index contributed by atoms with van der Waals surface area (Å²) >= 11 is 5.87. The second-order valence-corrected chi connectivity index (χ2v) is 6.02. The zero-order valence-corrected chi connectivity index (χ0v) is 15.6. The summed E-state index contributed by atoms with van der Waals surface area (Å²) in [6.45, 7) is 0. The monoisotopic (exact) mass is 383 g/mol. The van der Waals surface area contributed by atoms with Crippen LogP contribution in [0.15, 0.2) is 60.8 Å². The van der Waals surface area contributed by atoms with E-state index in [0.29, 0.717) is 22.2 Å². The van der Waals surface area contributed by atoms with Crippen molar-refractivity contribution in [2.24, 2.45) is 0 Å². The van der Waals surface area contributed by atoms with Crippen LogP contribution in [0.25, 0.3) is 0 Å². The third kappa shape index (κ3) is 4.68. The SMILES string of the molecule is COc1ccc(NC(=O)c2ccc(Nc3ccc(Cl)cc3)cn2)c(OC)c1. The fourth-order valence-electron chi connectivity index (χ4n) is 2.39. The first-order chi connectivity index (χ1) is 13.1. The zero-order valence-electron chi connectivity index (χ0n) is 14.8. The van der Waals surface area contributed by atoms with Gasteiger partial charge in [-0.3, -0.25) is 4.79 Å². The van der Waals surface area contributed by atoms with E-state index in [-0.39, 0.29) is 11.6 Å². The van der Waals surface area contributed by atoms with Crippen molar-refractivity contribution in [3.8, 4) is 11.5 Å². The molecule has 7 heteroatoms. The average molecular weight is 384 g/mol. The highest BCUT2D eigenvalue weighted by atomic mass is 35.5. The summed E-state index contributed by atoms with van der Waals surface area (Å²) in [4.78, 5) is 16.7. The summed E-state index contributed by atoms with van der Waals surface area (Å²) in [7, 11) is 3.09. The lowest BCUT2D eigenvalue weighted by Gasteiger charge is -2.11. The van der Waals surface area contributed by atoms with Crippen LogP contribution in [0.4, 0.5) is 17.1 Å². The number of carbonyl (C=O) groups is 1. The van der Waals surface area contributed by atoms with Crippen LogP contribution in [-0.2, 0) is 0 Å². The number of carbonyl (C=O) groups excluding carboxylic acids is 1. The number of ether oxygens (including phenoxy) is 2. The molecule has 0 radical (unpaired) electrons. The number of anilines is 3. The Bertz CT molecular complexity index is 928. The van der Waals surface area contributed by atoms with Crippen molar-refractivity contribution in [1.82, 2.24) is 4.98 Å². The minimum absolute atomic E-state index is 0.287. The molecule has 138 valence electrons. The Morgan fingerprint density at radius 3 is 2.33 bits per heavy atom. The predicted octanol–water partition coefficient (Wildman–Crippen LogP) is 4.75. The van der Waals surface area contributed by atoms with Crippen molar-refractivity contribution in [2.45, 2.75) is 0 Å². The van der Waals surface area contributed by atoms with E-state index in [1.165, 1.54) is 7.11 Å². The van der Waals surface area contributed by atoms with E-state index in [0.717, 1.165) is 11.4 Å². The molecule has 0 saturated heterocycles. The van der Waals surface area contributed by atoms with Gasteiger partial charge in [0.2, 0.25) is 0 Å². The van der Waals surface area contributed by atoms with Crippen molar-refractivity contribution in [3.05, 3.63) is 71.5 Å². The van der Waals surface area contributed by atoms with Crippen LogP contribution in [0, 0.1) is 0 Å². The predicted molar refractivity (Wildman–Crippen MR) is 106 cm³/mol. The first kappa shape index (κ1) is 18.5. The zero-order chi connectivity index (χ0) is 19.2. The van der Waals surface area contributed by atoms with Crippen LogP contribution in [0.1, 0.15) is 10.5 Å². The number of hydrogen-bond acceptors (Lipinski definition) is 5. The summed E-state index contributed by atoms with van der Waals surface area (Å²) < 4.78 is 10.4. The Hall–Kier alpha value is -3.25. The van der Waals surface area contributed by atoms with Crippen molar-refractivity contribution in [1.29, 1.82) is 0 Å². The van der Waals surface area contributed by atoms with Gasteiger partial charge in [0.05, 0.1) is 31.8 Å². The van der Waals surface area contributed by atoms with Gasteiger partial charge < -0.3 is 20.1 Å². The van der Waals surface area contributed by atoms with E-state index in [1.807, 2.05) is 12.1 Å². The van der Waals surface area contributed by atoms with Crippen molar-refractivity contribution < 1.29 is 14.3 Å². The number of benzene rings is 2. The van der Waals surface area contributed by atoms with E-state index >= 15 is 0 Å². The number of amides is 1. The lowest BCUT2D eigenvalue weighted by molar-refractivity contribution is 0.102. The normalized spacial score (nSPS) is 10.2. The number of hydrogen-bond donors (Lipinski definition) is 2. The van der Waals surface area contributed by atoms with Gasteiger partial charge in [0.15, 0.2) is 0 Å². The molecule has 6 nitrogen and oxygen atoms in total. The average Bonchev–Trinajstić information content (AvgIpc) is 2.70. The number of methoxy groups -OCH3 is 2. The molecule has 0 fully saturated rings. The Balaban J connectivity index is 1.69. The van der Waals surface area contributed by atoms with Gasteiger partial charge in [-0.25, -0.2) is 4.98 Å². The quantitative estimate of drug-likeness (QED) is 0.642. The van der Waals surface area contributed by atoms with Gasteiger partial charge in [-0.05, 0) is 48.5 Å². The second kappa shape index (κ2) is 8.42. The summed E-state index contributed by atoms with van der Waals surface area (Å²) in [5, 5.41) is 6.64. The molecular formula is C20H18ClN3O3. The van der Waals surface area contributed by atoms with Gasteiger partial charge >= 0.3 is 0 Å². The highest BCUT2D eigenvalue weighted by Crippen LogP contribution is 2.29. The highest BCUT2D eigenvalue weighted by molar-refractivity contribution is 6.30. The van der Waals surface area contributed by atoms with Gasteiger partial charge in [-0.2, -0.15) is 0 Å². The summed E-state index contributed by atoms with van der Waals surface area (Å²) in [5.41, 5.74) is 2.46. The number of nitrogens with one attached hydrogen (secondary N) is 2. The number of pyridine rings is 1. The highest BCUT2D eigenvalue weighted by Gasteiger charge is 2.12. The molecule has 0 aliphatic heterocycles. The minimum atomic E-state index is -0.337. The Morgan fingerprint density at radius 1 is 0.963 bits per heavy atom. The molecular weight excluding hydrogens is 366 g/mol. The maximum Gasteiger partial charge on any atom is 0.274 e. The van der Waals surface area contributed by atoms with E-state index in [4.69, 9.17) is 21.1 Å². The smallest absolute Gasteiger partial charge is 0.274 e. The lowest BCUT2D eigenvalue weighted by Crippen LogP contribution is -2.14. The standard InChI is InChI=1S/C20H18ClN3O3/c1-26-16-8-10-17(19(11-16)27-2)24-20(25)18-9-7-15(12-22-18)23-14-5-3-13(21)4-6-14/h3-12,23H,1-2H3,(H,24,25). The van der Waals surface area contributed by atoms with Gasteiger partial charge in [0.1, 0.15) is 17.2 Å². The van der Waals surface area contributed by atoms with Crippen LogP contribution in [0.5, 0.6) is 11.5 Å². The maximum atomic E-state index is 12.4. The molecule has 0 spiro atoms. The molecule has 0 saturated carbocycles. The van der Waals surface area contributed by atoms with E-state index in [2.05, 4.69) is 15.6 Å². The van der Waals surface area contributed by atoms with Gasteiger partial charge in [0, 0.05) is 16.8 Å². The molecule has 0 unspecified atom stereocenters. The molecule has 2 N–H and O–H groups in total. The molecule has 0 atom stereocenters. The first-order valence-electron chi connectivity index (χ1n) is 8.11. The van der Waals surface area contributed by atoms with Gasteiger partial charge in [-0.1, -0.05) is 11.6 Å². The fraction of sp³-hybridized carbons (Fsp3) is 0.100. The fourth-order valence-corrected chi connectivity index (χ4v) is 2.52. The van der Waals surface area contributed by atoms with Gasteiger partial charge in [0.25, 0.3) is 5.91 Å². The molecule has 2 aromatic carbocycles. The minimum Gasteiger partial charge on any atom is -0.497 e. The van der Waals surface area contributed by atoms with Crippen molar-refractivity contribution in [2.75, 3.05) is 24.9 Å². The number of halogens is 1. The Labute approximate surface area is 162 Å². The Kier molecular flexibility index (Phi) is 5.78. The van der Waals surface area contributed by atoms with Crippen LogP contribution in [0.2, 0.25) is 5.02 Å². The Morgan fingerprint density at radius 2 is 1.70 bits per heavy atom. The maximum absolute atomic E-state index is 12.4. The number of aromatic nitrogens is 1. The molecule has 0 bridgehead atoms. The van der Waals surface area contributed by atoms with E-state index in [9.17, 15) is 4.79 Å². The topological polar surface area (TPSA) is 72.5 Å². The van der Waals surface area contributed by atoms with Crippen LogP contribution >= 0.6 is 11.6 Å². The van der Waals surface area contributed by atoms with Crippen molar-refractivity contribution >= 4 is 34.6 Å². The van der Waals surface area contributed by atoms with Crippen molar-refractivity contribution in [3.63, 3.8) is 0 Å². The molecule has 1 amide bonds. The molecule has 1 aromatic heterocycles. The third-order valence-electron chi connectivity index (χ3n) is 3.79. The molecule has 0 aliphatic carbocycles. The summed E-state index contributed by atoms with van der Waals surface area (Å²) in [6.07, 6.45) is 1.59. The van der Waals surface area contributed by atoms with Crippen LogP contribution in [-0.4, -0.2) is 25.1 Å². The number of nitrogens with zero attached hydrogens (tertiary/aromatic N) is 1. The molecule has 0 aliphatic rings. The van der Waals surface area contributed by atoms with Crippen LogP contribution < -0.4 is 20.1 Å². The number of rotatable bonds is 6. The molecule has 27 heavy (non-hydrogen) atoms. The lowest BCUT2D eigenvalue weighted by atomic mass is 10.2.